The number of nitrogens with zero attached hydrogens (tertiary/aromatic N) is 2. The summed E-state index contributed by atoms with van der Waals surface area (Å²) in [4.78, 5) is 15.6. The van der Waals surface area contributed by atoms with Gasteiger partial charge in [0.2, 0.25) is 0 Å². The van der Waals surface area contributed by atoms with Gasteiger partial charge in [-0.15, -0.1) is 0 Å². The van der Waals surface area contributed by atoms with Crippen molar-refractivity contribution >= 4 is 17.7 Å². The molecule has 1 N–H and O–H groups in total. The zero-order chi connectivity index (χ0) is 12.5. The molecule has 1 fully saturated rings. The van der Waals surface area contributed by atoms with E-state index in [2.05, 4.69) is 9.55 Å². The highest BCUT2D eigenvalue weighted by molar-refractivity contribution is 7.99. The first-order valence-corrected chi connectivity index (χ1v) is 7.69. The monoisotopic (exact) mass is 266 g/mol. The summed E-state index contributed by atoms with van der Waals surface area (Å²) in [7, 11) is 0. The normalized spacial score (nSPS) is 27.8. The third kappa shape index (κ3) is 2.16. The van der Waals surface area contributed by atoms with Crippen LogP contribution < -0.4 is 0 Å². The van der Waals surface area contributed by atoms with Gasteiger partial charge in [0.05, 0.1) is 11.2 Å². The second kappa shape index (κ2) is 4.96. The number of rotatable bonds is 2. The number of thioether (sulfide) groups is 1. The van der Waals surface area contributed by atoms with Gasteiger partial charge in [-0.25, -0.2) is 4.98 Å². The van der Waals surface area contributed by atoms with Crippen LogP contribution in [0.5, 0.6) is 0 Å². The minimum atomic E-state index is -0.670. The molecule has 5 heteroatoms. The molecule has 0 amide bonds. The van der Waals surface area contributed by atoms with Crippen molar-refractivity contribution in [2.75, 3.05) is 5.75 Å². The maximum absolute atomic E-state index is 11.0. The largest absolute Gasteiger partial charge is 0.481 e. The van der Waals surface area contributed by atoms with Gasteiger partial charge in [0.1, 0.15) is 5.82 Å². The van der Waals surface area contributed by atoms with Gasteiger partial charge in [-0.3, -0.25) is 4.79 Å². The van der Waals surface area contributed by atoms with Gasteiger partial charge in [0.15, 0.2) is 0 Å². The number of fused-ring (bicyclic) bond motifs is 1. The second-order valence-corrected chi connectivity index (χ2v) is 6.45. The number of aromatic nitrogens is 2. The number of carboxylic acid groups (broad SMARTS) is 1. The molecule has 4 nitrogen and oxygen atoms in total. The van der Waals surface area contributed by atoms with E-state index >= 15 is 0 Å². The summed E-state index contributed by atoms with van der Waals surface area (Å²) in [6, 6.07) is 0. The minimum absolute atomic E-state index is 0.221. The van der Waals surface area contributed by atoms with E-state index in [-0.39, 0.29) is 5.92 Å². The molecule has 1 saturated heterocycles. The van der Waals surface area contributed by atoms with Crippen LogP contribution in [0.1, 0.15) is 42.5 Å². The molecule has 2 aliphatic rings. The molecule has 3 heterocycles. The van der Waals surface area contributed by atoms with Crippen LogP contribution in [0.2, 0.25) is 0 Å². The van der Waals surface area contributed by atoms with Gasteiger partial charge < -0.3 is 9.67 Å². The van der Waals surface area contributed by atoms with E-state index in [9.17, 15) is 4.79 Å². The maximum atomic E-state index is 11.0. The summed E-state index contributed by atoms with van der Waals surface area (Å²) in [5.41, 5.74) is 1.11. The zero-order valence-corrected chi connectivity index (χ0v) is 11.2. The van der Waals surface area contributed by atoms with Crippen LogP contribution >= 0.6 is 11.8 Å². The fourth-order valence-corrected chi connectivity index (χ4v) is 4.23. The predicted molar refractivity (Wildman–Crippen MR) is 70.7 cm³/mol. The number of hydrogen-bond donors (Lipinski definition) is 1. The highest BCUT2D eigenvalue weighted by Gasteiger charge is 2.29. The Morgan fingerprint density at radius 1 is 1.44 bits per heavy atom. The average molecular weight is 266 g/mol. The molecule has 0 aliphatic carbocycles. The second-order valence-electron chi connectivity index (χ2n) is 5.14. The summed E-state index contributed by atoms with van der Waals surface area (Å²) in [5.74, 6) is 1.51. The molecule has 1 aromatic rings. The molecule has 0 saturated carbocycles. The summed E-state index contributed by atoms with van der Waals surface area (Å²) in [5, 5.41) is 9.61. The first kappa shape index (κ1) is 12.1. The standard InChI is InChI=1S/C13H18N2O2S/c16-13(17)9-4-5-15-10(7-9)8-14-12(15)11-3-1-2-6-18-11/h8-9,11H,1-7H2,(H,16,17). The van der Waals surface area contributed by atoms with Crippen LogP contribution in [0.25, 0.3) is 0 Å². The number of hydrogen-bond acceptors (Lipinski definition) is 3. The summed E-state index contributed by atoms with van der Waals surface area (Å²) in [6.07, 6.45) is 7.08. The van der Waals surface area contributed by atoms with Crippen molar-refractivity contribution in [2.24, 2.45) is 5.92 Å². The Balaban J connectivity index is 1.81. The quantitative estimate of drug-likeness (QED) is 0.893. The van der Waals surface area contributed by atoms with Gasteiger partial charge in [0, 0.05) is 24.9 Å². The SMILES string of the molecule is O=C(O)C1CCn2c(cnc2C2CCCCS2)C1. The lowest BCUT2D eigenvalue weighted by atomic mass is 9.96. The Bertz CT molecular complexity index is 452. The Kier molecular flexibility index (Phi) is 3.33. The van der Waals surface area contributed by atoms with Crippen LogP contribution in [-0.2, 0) is 17.8 Å². The Morgan fingerprint density at radius 2 is 2.33 bits per heavy atom. The third-order valence-corrected chi connectivity index (χ3v) is 5.32. The minimum Gasteiger partial charge on any atom is -0.481 e. The summed E-state index contributed by atoms with van der Waals surface area (Å²) < 4.78 is 2.27. The van der Waals surface area contributed by atoms with Crippen molar-refractivity contribution in [1.82, 2.24) is 9.55 Å². The highest BCUT2D eigenvalue weighted by atomic mass is 32.2. The van der Waals surface area contributed by atoms with Crippen molar-refractivity contribution in [3.8, 4) is 0 Å². The topological polar surface area (TPSA) is 55.1 Å². The first-order chi connectivity index (χ1) is 8.75. The lowest BCUT2D eigenvalue weighted by Crippen LogP contribution is -2.26. The predicted octanol–water partition coefficient (Wildman–Crippen LogP) is 2.49. The molecule has 2 aliphatic heterocycles. The van der Waals surface area contributed by atoms with Gasteiger partial charge in [-0.05, 0) is 25.0 Å². The van der Waals surface area contributed by atoms with Crippen LogP contribution in [0.3, 0.4) is 0 Å². The van der Waals surface area contributed by atoms with Crippen LogP contribution in [0.15, 0.2) is 6.20 Å². The Labute approximate surface area is 111 Å². The number of carbonyl (C=O) groups is 1. The summed E-state index contributed by atoms with van der Waals surface area (Å²) >= 11 is 2.00. The molecule has 0 bridgehead atoms. The van der Waals surface area contributed by atoms with Crippen molar-refractivity contribution in [1.29, 1.82) is 0 Å². The van der Waals surface area contributed by atoms with E-state index in [1.165, 1.54) is 30.8 Å². The fraction of sp³-hybridized carbons (Fsp3) is 0.692. The molecular weight excluding hydrogens is 248 g/mol. The van der Waals surface area contributed by atoms with Gasteiger partial charge >= 0.3 is 5.97 Å². The smallest absolute Gasteiger partial charge is 0.306 e. The number of imidazole rings is 1. The van der Waals surface area contributed by atoms with Gasteiger partial charge in [-0.1, -0.05) is 6.42 Å². The van der Waals surface area contributed by atoms with Crippen LogP contribution in [0, 0.1) is 5.92 Å². The van der Waals surface area contributed by atoms with E-state index in [4.69, 9.17) is 5.11 Å². The molecule has 2 unspecified atom stereocenters. The molecule has 3 rings (SSSR count). The van der Waals surface area contributed by atoms with Gasteiger partial charge in [0.25, 0.3) is 0 Å². The Hall–Kier alpha value is -0.970. The fourth-order valence-electron chi connectivity index (χ4n) is 2.90. The molecule has 98 valence electrons. The zero-order valence-electron chi connectivity index (χ0n) is 10.3. The third-order valence-electron chi connectivity index (χ3n) is 3.94. The van der Waals surface area contributed by atoms with E-state index in [1.807, 2.05) is 18.0 Å². The van der Waals surface area contributed by atoms with E-state index < -0.39 is 5.97 Å². The Morgan fingerprint density at radius 3 is 3.06 bits per heavy atom. The van der Waals surface area contributed by atoms with Crippen molar-refractivity contribution < 1.29 is 9.90 Å². The molecular formula is C13H18N2O2S. The van der Waals surface area contributed by atoms with E-state index in [1.54, 1.807) is 0 Å². The van der Waals surface area contributed by atoms with E-state index in [0.717, 1.165) is 18.7 Å². The van der Waals surface area contributed by atoms with E-state index in [0.29, 0.717) is 11.7 Å². The van der Waals surface area contributed by atoms with Crippen molar-refractivity contribution in [2.45, 2.75) is 43.9 Å². The first-order valence-electron chi connectivity index (χ1n) is 6.64. The molecule has 0 radical (unpaired) electrons. The van der Waals surface area contributed by atoms with Crippen molar-refractivity contribution in [3.05, 3.63) is 17.7 Å². The lowest BCUT2D eigenvalue weighted by molar-refractivity contribution is -0.142. The molecule has 0 aromatic carbocycles. The van der Waals surface area contributed by atoms with Crippen LogP contribution in [-0.4, -0.2) is 26.4 Å². The summed E-state index contributed by atoms with van der Waals surface area (Å²) in [6.45, 7) is 0.818. The number of aliphatic carboxylic acids is 1. The molecule has 2 atom stereocenters. The highest BCUT2D eigenvalue weighted by Crippen LogP contribution is 2.39. The van der Waals surface area contributed by atoms with Gasteiger partial charge in [-0.2, -0.15) is 11.8 Å². The molecule has 18 heavy (non-hydrogen) atoms. The number of carboxylic acids is 1. The molecule has 0 spiro atoms. The molecule has 1 aromatic heterocycles. The maximum Gasteiger partial charge on any atom is 0.306 e. The average Bonchev–Trinajstić information content (AvgIpc) is 2.82. The van der Waals surface area contributed by atoms with Crippen LogP contribution in [0.4, 0.5) is 0 Å². The van der Waals surface area contributed by atoms with Crippen molar-refractivity contribution in [3.63, 3.8) is 0 Å². The lowest BCUT2D eigenvalue weighted by Gasteiger charge is -2.26.